The van der Waals surface area contributed by atoms with Gasteiger partial charge in [0.1, 0.15) is 5.75 Å². The number of fused-ring (bicyclic) bond motifs is 1. The van der Waals surface area contributed by atoms with Crippen LogP contribution in [0.15, 0.2) is 24.3 Å². The van der Waals surface area contributed by atoms with Gasteiger partial charge in [-0.2, -0.15) is 0 Å². The minimum absolute atomic E-state index is 0.120. The monoisotopic (exact) mass is 312 g/mol. The lowest BCUT2D eigenvalue weighted by molar-refractivity contribution is -0.134. The molecule has 0 aliphatic carbocycles. The van der Waals surface area contributed by atoms with Crippen molar-refractivity contribution in [1.82, 2.24) is 4.90 Å². The van der Waals surface area contributed by atoms with Crippen LogP contribution in [0.3, 0.4) is 0 Å². The Labute approximate surface area is 124 Å². The van der Waals surface area contributed by atoms with Gasteiger partial charge in [-0.15, -0.1) is 0 Å². The summed E-state index contributed by atoms with van der Waals surface area (Å²) in [6, 6.07) is 8.05. The molecule has 0 aromatic heterocycles. The van der Waals surface area contributed by atoms with Gasteiger partial charge in [0.25, 0.3) is 0 Å². The second-order valence-electron chi connectivity index (χ2n) is 5.31. The number of sulfone groups is 1. The van der Waals surface area contributed by atoms with Crippen LogP contribution in [-0.2, 0) is 21.2 Å². The van der Waals surface area contributed by atoms with E-state index in [0.717, 1.165) is 24.3 Å². The molecule has 1 aliphatic heterocycles. The van der Waals surface area contributed by atoms with E-state index in [0.29, 0.717) is 13.1 Å². The lowest BCUT2D eigenvalue weighted by atomic mass is 10.1. The maximum Gasteiger partial charge on any atom is 0.318 e. The van der Waals surface area contributed by atoms with E-state index in [-0.39, 0.29) is 5.75 Å². The van der Waals surface area contributed by atoms with Gasteiger partial charge in [-0.1, -0.05) is 18.2 Å². The molecule has 1 aliphatic rings. The molecule has 0 radical (unpaired) electrons. The van der Waals surface area contributed by atoms with Crippen LogP contribution < -0.4 is 4.90 Å². The van der Waals surface area contributed by atoms with E-state index in [9.17, 15) is 13.2 Å². The summed E-state index contributed by atoms with van der Waals surface area (Å²) in [6.07, 6.45) is 0. The van der Waals surface area contributed by atoms with E-state index >= 15 is 0 Å². The molecule has 116 valence electrons. The van der Waals surface area contributed by atoms with Crippen molar-refractivity contribution in [3.05, 3.63) is 29.8 Å². The van der Waals surface area contributed by atoms with Crippen molar-refractivity contribution in [2.24, 2.45) is 0 Å². The molecule has 0 atom stereocenters. The Balaban J connectivity index is 2.02. The number of para-hydroxylation sites is 1. The van der Waals surface area contributed by atoms with Crippen molar-refractivity contribution in [2.45, 2.75) is 6.54 Å². The second kappa shape index (κ2) is 6.44. The van der Waals surface area contributed by atoms with Crippen LogP contribution in [0, 0.1) is 0 Å². The van der Waals surface area contributed by atoms with Crippen LogP contribution >= 0.6 is 0 Å². The van der Waals surface area contributed by atoms with Gasteiger partial charge >= 0.3 is 5.97 Å². The molecule has 21 heavy (non-hydrogen) atoms. The third-order valence-electron chi connectivity index (χ3n) is 3.61. The van der Waals surface area contributed by atoms with Crippen molar-refractivity contribution in [2.75, 3.05) is 43.1 Å². The predicted octanol–water partition coefficient (Wildman–Crippen LogP) is 0.438. The summed E-state index contributed by atoms with van der Waals surface area (Å²) in [6.45, 7) is 2.62. The van der Waals surface area contributed by atoms with Crippen molar-refractivity contribution >= 4 is 21.5 Å². The first kappa shape index (κ1) is 15.8. The summed E-state index contributed by atoms with van der Waals surface area (Å²) in [5.74, 6) is -2.21. The Morgan fingerprint density at radius 2 is 2.00 bits per heavy atom. The molecule has 1 N–H and O–H groups in total. The fraction of sp³-hybridized carbons (Fsp3) is 0.500. The van der Waals surface area contributed by atoms with Crippen LogP contribution in [0.1, 0.15) is 5.56 Å². The van der Waals surface area contributed by atoms with Gasteiger partial charge in [-0.3, -0.25) is 9.69 Å². The molecule has 1 aromatic carbocycles. The second-order valence-corrected chi connectivity index (χ2v) is 7.50. The molecule has 0 saturated carbocycles. The van der Waals surface area contributed by atoms with Gasteiger partial charge in [-0.25, -0.2) is 8.42 Å². The first-order chi connectivity index (χ1) is 9.87. The third kappa shape index (κ3) is 4.44. The lowest BCUT2D eigenvalue weighted by Crippen LogP contribution is -2.34. The minimum atomic E-state index is -3.54. The summed E-state index contributed by atoms with van der Waals surface area (Å²) >= 11 is 0. The molecule has 0 unspecified atom stereocenters. The van der Waals surface area contributed by atoms with E-state index in [1.807, 2.05) is 25.2 Å². The normalized spacial score (nSPS) is 16.3. The molecule has 0 spiro atoms. The highest BCUT2D eigenvalue weighted by molar-refractivity contribution is 7.92. The molecule has 0 fully saturated rings. The molecule has 0 saturated heterocycles. The highest BCUT2D eigenvalue weighted by Crippen LogP contribution is 2.23. The van der Waals surface area contributed by atoms with E-state index in [1.54, 1.807) is 0 Å². The van der Waals surface area contributed by atoms with Crippen molar-refractivity contribution in [3.8, 4) is 0 Å². The molecule has 6 nitrogen and oxygen atoms in total. The third-order valence-corrected chi connectivity index (χ3v) is 5.10. The van der Waals surface area contributed by atoms with E-state index in [1.165, 1.54) is 0 Å². The Kier molecular flexibility index (Phi) is 4.84. The maximum absolute atomic E-state index is 11.7. The van der Waals surface area contributed by atoms with Crippen LogP contribution in [0.2, 0.25) is 0 Å². The van der Waals surface area contributed by atoms with Crippen molar-refractivity contribution < 1.29 is 18.3 Å². The smallest absolute Gasteiger partial charge is 0.318 e. The van der Waals surface area contributed by atoms with Crippen LogP contribution in [-0.4, -0.2) is 62.6 Å². The Morgan fingerprint density at radius 3 is 2.71 bits per heavy atom. The number of carboxylic acids is 1. The summed E-state index contributed by atoms with van der Waals surface area (Å²) < 4.78 is 23.3. The number of likely N-dealkylation sites (N-methyl/N-ethyl adjacent to an activating group) is 1. The number of hydrogen-bond acceptors (Lipinski definition) is 5. The Hall–Kier alpha value is -1.60. The van der Waals surface area contributed by atoms with Gasteiger partial charge < -0.3 is 10.0 Å². The molecular weight excluding hydrogens is 292 g/mol. The predicted molar refractivity (Wildman–Crippen MR) is 81.3 cm³/mol. The number of carbonyl (C=O) groups is 1. The molecule has 0 bridgehead atoms. The minimum Gasteiger partial charge on any atom is -0.480 e. The fourth-order valence-corrected chi connectivity index (χ4v) is 3.53. The average molecular weight is 312 g/mol. The standard InChI is InChI=1S/C14H20N2O4S/c1-15-6-7-16(8-9-21(19,20)11-14(17)18)10-12-4-2-3-5-13(12)15/h2-5H,6-11H2,1H3,(H,17,18). The van der Waals surface area contributed by atoms with E-state index in [2.05, 4.69) is 15.9 Å². The number of carboxylic acid groups (broad SMARTS) is 1. The number of hydrogen-bond donors (Lipinski definition) is 1. The van der Waals surface area contributed by atoms with E-state index in [4.69, 9.17) is 5.11 Å². The highest BCUT2D eigenvalue weighted by atomic mass is 32.2. The zero-order valence-corrected chi connectivity index (χ0v) is 12.8. The van der Waals surface area contributed by atoms with Crippen molar-refractivity contribution in [3.63, 3.8) is 0 Å². The quantitative estimate of drug-likeness (QED) is 0.850. The molecule has 1 heterocycles. The highest BCUT2D eigenvalue weighted by Gasteiger charge is 2.21. The van der Waals surface area contributed by atoms with Crippen molar-refractivity contribution in [1.29, 1.82) is 0 Å². The van der Waals surface area contributed by atoms with Crippen LogP contribution in [0.5, 0.6) is 0 Å². The molecular formula is C14H20N2O4S. The lowest BCUT2D eigenvalue weighted by Gasteiger charge is -2.20. The van der Waals surface area contributed by atoms with Gasteiger partial charge in [-0.05, 0) is 11.6 Å². The van der Waals surface area contributed by atoms with Gasteiger partial charge in [0.05, 0.1) is 5.75 Å². The van der Waals surface area contributed by atoms with Crippen LogP contribution in [0.4, 0.5) is 5.69 Å². The maximum atomic E-state index is 11.7. The largest absolute Gasteiger partial charge is 0.480 e. The van der Waals surface area contributed by atoms with Gasteiger partial charge in [0.2, 0.25) is 0 Å². The first-order valence-corrected chi connectivity index (χ1v) is 8.63. The van der Waals surface area contributed by atoms with E-state index < -0.39 is 21.6 Å². The number of benzene rings is 1. The average Bonchev–Trinajstić information content (AvgIpc) is 2.55. The molecule has 7 heteroatoms. The summed E-state index contributed by atoms with van der Waals surface area (Å²) in [5.41, 5.74) is 2.32. The van der Waals surface area contributed by atoms with Gasteiger partial charge in [0, 0.05) is 38.9 Å². The van der Waals surface area contributed by atoms with Crippen LogP contribution in [0.25, 0.3) is 0 Å². The zero-order valence-electron chi connectivity index (χ0n) is 12.0. The first-order valence-electron chi connectivity index (χ1n) is 6.81. The number of rotatable bonds is 5. The number of nitrogens with zero attached hydrogens (tertiary/aromatic N) is 2. The SMILES string of the molecule is CN1CCN(CCS(=O)(=O)CC(=O)O)Cc2ccccc21. The molecule has 0 amide bonds. The Morgan fingerprint density at radius 1 is 1.29 bits per heavy atom. The summed E-state index contributed by atoms with van der Waals surface area (Å²) in [7, 11) is -1.52. The fourth-order valence-electron chi connectivity index (χ4n) is 2.47. The van der Waals surface area contributed by atoms with Gasteiger partial charge in [0.15, 0.2) is 9.84 Å². The topological polar surface area (TPSA) is 77.9 Å². The number of anilines is 1. The number of aliphatic carboxylic acids is 1. The molecule has 2 rings (SSSR count). The molecule has 1 aromatic rings. The zero-order chi connectivity index (χ0) is 15.5. The Bertz CT molecular complexity index is 615. The summed E-state index contributed by atoms with van der Waals surface area (Å²) in [5, 5.41) is 8.60. The summed E-state index contributed by atoms with van der Waals surface area (Å²) in [4.78, 5) is 14.7.